The Bertz CT molecular complexity index is 451. The van der Waals surface area contributed by atoms with Gasteiger partial charge in [0.2, 0.25) is 0 Å². The van der Waals surface area contributed by atoms with Gasteiger partial charge in [-0.3, -0.25) is 9.69 Å². The van der Waals surface area contributed by atoms with Crippen LogP contribution in [-0.2, 0) is 4.79 Å². The third-order valence-corrected chi connectivity index (χ3v) is 3.39. The summed E-state index contributed by atoms with van der Waals surface area (Å²) in [5.41, 5.74) is 0.519. The van der Waals surface area contributed by atoms with Gasteiger partial charge < -0.3 is 5.11 Å². The SMILES string of the molecule is CC(C)CN(CC(=O)O)C(C)c1ccc(Br)cc1F. The Hall–Kier alpha value is -0.940. The number of halogens is 2. The first kappa shape index (κ1) is 16.1. The Balaban J connectivity index is 2.96. The van der Waals surface area contributed by atoms with Crippen molar-refractivity contribution >= 4 is 21.9 Å². The Labute approximate surface area is 121 Å². The van der Waals surface area contributed by atoms with E-state index < -0.39 is 5.97 Å². The average molecular weight is 332 g/mol. The van der Waals surface area contributed by atoms with Gasteiger partial charge >= 0.3 is 5.97 Å². The summed E-state index contributed by atoms with van der Waals surface area (Å²) >= 11 is 3.22. The van der Waals surface area contributed by atoms with E-state index in [4.69, 9.17) is 5.11 Å². The minimum absolute atomic E-state index is 0.0884. The van der Waals surface area contributed by atoms with E-state index in [0.29, 0.717) is 22.5 Å². The second kappa shape index (κ2) is 7.01. The van der Waals surface area contributed by atoms with Crippen LogP contribution in [0.15, 0.2) is 22.7 Å². The van der Waals surface area contributed by atoms with Crippen molar-refractivity contribution in [2.75, 3.05) is 13.1 Å². The van der Waals surface area contributed by atoms with Gasteiger partial charge in [-0.05, 0) is 25.0 Å². The van der Waals surface area contributed by atoms with E-state index in [1.54, 1.807) is 17.0 Å². The van der Waals surface area contributed by atoms with Gasteiger partial charge in [-0.15, -0.1) is 0 Å². The molecule has 0 spiro atoms. The van der Waals surface area contributed by atoms with Crippen LogP contribution in [0.1, 0.15) is 32.4 Å². The van der Waals surface area contributed by atoms with Crippen molar-refractivity contribution < 1.29 is 14.3 Å². The molecule has 3 nitrogen and oxygen atoms in total. The van der Waals surface area contributed by atoms with Gasteiger partial charge in [0.05, 0.1) is 6.54 Å². The molecule has 0 aliphatic heterocycles. The molecule has 19 heavy (non-hydrogen) atoms. The van der Waals surface area contributed by atoms with Crippen LogP contribution >= 0.6 is 15.9 Å². The van der Waals surface area contributed by atoms with Gasteiger partial charge in [-0.1, -0.05) is 35.8 Å². The lowest BCUT2D eigenvalue weighted by Crippen LogP contribution is -2.35. The molecule has 106 valence electrons. The fourth-order valence-electron chi connectivity index (χ4n) is 2.04. The Morgan fingerprint density at radius 3 is 2.53 bits per heavy atom. The molecule has 1 rings (SSSR count). The molecular weight excluding hydrogens is 313 g/mol. The maximum atomic E-state index is 13.9. The summed E-state index contributed by atoms with van der Waals surface area (Å²) in [5.74, 6) is -0.897. The maximum absolute atomic E-state index is 13.9. The van der Waals surface area contributed by atoms with Crippen LogP contribution in [0.5, 0.6) is 0 Å². The normalized spacial score (nSPS) is 13.0. The largest absolute Gasteiger partial charge is 0.480 e. The van der Waals surface area contributed by atoms with E-state index in [9.17, 15) is 9.18 Å². The molecule has 0 saturated carbocycles. The van der Waals surface area contributed by atoms with Crippen LogP contribution in [-0.4, -0.2) is 29.1 Å². The van der Waals surface area contributed by atoms with Crippen molar-refractivity contribution in [2.24, 2.45) is 5.92 Å². The molecule has 0 bridgehead atoms. The highest BCUT2D eigenvalue weighted by atomic mass is 79.9. The molecule has 5 heteroatoms. The number of hydrogen-bond acceptors (Lipinski definition) is 2. The lowest BCUT2D eigenvalue weighted by Gasteiger charge is -2.29. The summed E-state index contributed by atoms with van der Waals surface area (Å²) in [7, 11) is 0. The smallest absolute Gasteiger partial charge is 0.317 e. The Morgan fingerprint density at radius 2 is 2.05 bits per heavy atom. The molecule has 0 saturated heterocycles. The molecular formula is C14H19BrFNO2. The minimum Gasteiger partial charge on any atom is -0.480 e. The van der Waals surface area contributed by atoms with E-state index in [2.05, 4.69) is 15.9 Å². The van der Waals surface area contributed by atoms with Crippen LogP contribution in [0.25, 0.3) is 0 Å². The number of nitrogens with zero attached hydrogens (tertiary/aromatic N) is 1. The van der Waals surface area contributed by atoms with E-state index in [0.717, 1.165) is 0 Å². The number of benzene rings is 1. The summed E-state index contributed by atoms with van der Waals surface area (Å²) in [6.07, 6.45) is 0. The zero-order valence-corrected chi connectivity index (χ0v) is 12.9. The Kier molecular flexibility index (Phi) is 5.94. The van der Waals surface area contributed by atoms with Crippen LogP contribution in [0.4, 0.5) is 4.39 Å². The second-order valence-corrected chi connectivity index (χ2v) is 5.97. The van der Waals surface area contributed by atoms with Crippen LogP contribution in [0, 0.1) is 11.7 Å². The number of aliphatic carboxylic acids is 1. The molecule has 1 unspecified atom stereocenters. The monoisotopic (exact) mass is 331 g/mol. The minimum atomic E-state index is -0.898. The molecule has 0 aliphatic rings. The highest BCUT2D eigenvalue weighted by Crippen LogP contribution is 2.26. The van der Waals surface area contributed by atoms with Gasteiger partial charge in [0.25, 0.3) is 0 Å². The van der Waals surface area contributed by atoms with Crippen molar-refractivity contribution in [3.8, 4) is 0 Å². The molecule has 0 radical (unpaired) electrons. The predicted molar refractivity (Wildman–Crippen MR) is 76.6 cm³/mol. The van der Waals surface area contributed by atoms with Crippen molar-refractivity contribution in [3.63, 3.8) is 0 Å². The lowest BCUT2D eigenvalue weighted by atomic mass is 10.0. The summed E-state index contributed by atoms with van der Waals surface area (Å²) in [6, 6.07) is 4.59. The topological polar surface area (TPSA) is 40.5 Å². The molecule has 1 aromatic rings. The zero-order chi connectivity index (χ0) is 14.6. The predicted octanol–water partition coefficient (Wildman–Crippen LogP) is 3.69. The van der Waals surface area contributed by atoms with Gasteiger partial charge in [0, 0.05) is 22.6 Å². The standard InChI is InChI=1S/C14H19BrFNO2/c1-9(2)7-17(8-14(18)19)10(3)12-5-4-11(15)6-13(12)16/h4-6,9-10H,7-8H2,1-3H3,(H,18,19). The quantitative estimate of drug-likeness (QED) is 0.864. The first-order chi connectivity index (χ1) is 8.81. The fraction of sp³-hybridized carbons (Fsp3) is 0.500. The van der Waals surface area contributed by atoms with Crippen molar-refractivity contribution in [1.82, 2.24) is 4.90 Å². The van der Waals surface area contributed by atoms with E-state index in [-0.39, 0.29) is 18.4 Å². The van der Waals surface area contributed by atoms with Gasteiger partial charge in [0.1, 0.15) is 5.82 Å². The summed E-state index contributed by atoms with van der Waals surface area (Å²) in [4.78, 5) is 12.7. The highest BCUT2D eigenvalue weighted by Gasteiger charge is 2.21. The number of carboxylic acids is 1. The molecule has 0 fully saturated rings. The first-order valence-corrected chi connectivity index (χ1v) is 7.01. The number of carboxylic acid groups (broad SMARTS) is 1. The molecule has 1 N–H and O–H groups in total. The molecule has 0 aromatic heterocycles. The molecule has 0 amide bonds. The average Bonchev–Trinajstić information content (AvgIpc) is 2.26. The van der Waals surface area contributed by atoms with Gasteiger partial charge in [-0.25, -0.2) is 4.39 Å². The third kappa shape index (κ3) is 4.91. The highest BCUT2D eigenvalue weighted by molar-refractivity contribution is 9.10. The summed E-state index contributed by atoms with van der Waals surface area (Å²) in [6.45, 7) is 6.38. The van der Waals surface area contributed by atoms with Gasteiger partial charge in [0.15, 0.2) is 0 Å². The number of rotatable bonds is 6. The maximum Gasteiger partial charge on any atom is 0.317 e. The molecule has 0 aliphatic carbocycles. The van der Waals surface area contributed by atoms with Crippen molar-refractivity contribution in [1.29, 1.82) is 0 Å². The third-order valence-electron chi connectivity index (χ3n) is 2.90. The van der Waals surface area contributed by atoms with E-state index >= 15 is 0 Å². The van der Waals surface area contributed by atoms with E-state index in [1.807, 2.05) is 20.8 Å². The van der Waals surface area contributed by atoms with Crippen molar-refractivity contribution in [3.05, 3.63) is 34.1 Å². The van der Waals surface area contributed by atoms with E-state index in [1.165, 1.54) is 6.07 Å². The molecule has 1 aromatic carbocycles. The zero-order valence-electron chi connectivity index (χ0n) is 11.4. The van der Waals surface area contributed by atoms with Crippen LogP contribution < -0.4 is 0 Å². The fourth-order valence-corrected chi connectivity index (χ4v) is 2.37. The van der Waals surface area contributed by atoms with Crippen LogP contribution in [0.2, 0.25) is 0 Å². The van der Waals surface area contributed by atoms with Crippen molar-refractivity contribution in [2.45, 2.75) is 26.8 Å². The number of hydrogen-bond donors (Lipinski definition) is 1. The Morgan fingerprint density at radius 1 is 1.42 bits per heavy atom. The summed E-state index contributed by atoms with van der Waals surface area (Å²) in [5, 5.41) is 8.96. The molecule has 0 heterocycles. The second-order valence-electron chi connectivity index (χ2n) is 5.06. The number of carbonyl (C=O) groups is 1. The lowest BCUT2D eigenvalue weighted by molar-refractivity contribution is -0.139. The van der Waals surface area contributed by atoms with Crippen LogP contribution in [0.3, 0.4) is 0 Å². The van der Waals surface area contributed by atoms with Gasteiger partial charge in [-0.2, -0.15) is 0 Å². The molecule has 1 atom stereocenters. The summed E-state index contributed by atoms with van der Waals surface area (Å²) < 4.78 is 14.6. The first-order valence-electron chi connectivity index (χ1n) is 6.22.